The molecule has 8 heteroatoms. The van der Waals surface area contributed by atoms with E-state index in [1.54, 1.807) is 7.11 Å². The number of sulfonamides is 1. The molecule has 1 aliphatic carbocycles. The third kappa shape index (κ3) is 5.32. The van der Waals surface area contributed by atoms with Crippen molar-refractivity contribution in [2.75, 3.05) is 33.1 Å². The lowest BCUT2D eigenvalue weighted by Crippen LogP contribution is -2.43. The molecule has 0 atom stereocenters. The molecule has 0 spiro atoms. The van der Waals surface area contributed by atoms with Gasteiger partial charge in [-0.3, -0.25) is 4.79 Å². The zero-order valence-corrected chi connectivity index (χ0v) is 15.5. The molecule has 0 aliphatic heterocycles. The van der Waals surface area contributed by atoms with Crippen LogP contribution in [0.5, 0.6) is 0 Å². The van der Waals surface area contributed by atoms with Gasteiger partial charge in [0.15, 0.2) is 0 Å². The molecule has 1 heterocycles. The molecular formula is C16H27N3O4S. The zero-order valence-electron chi connectivity index (χ0n) is 14.6. The molecule has 1 aromatic rings. The van der Waals surface area contributed by atoms with E-state index in [9.17, 15) is 13.2 Å². The lowest BCUT2D eigenvalue weighted by molar-refractivity contribution is -0.132. The molecule has 0 radical (unpaired) electrons. The van der Waals surface area contributed by atoms with Crippen LogP contribution in [0.1, 0.15) is 25.0 Å². The van der Waals surface area contributed by atoms with Gasteiger partial charge < -0.3 is 14.2 Å². The second-order valence-electron chi connectivity index (χ2n) is 6.31. The fraction of sp³-hybridized carbons (Fsp3) is 0.688. The number of hydrogen-bond acceptors (Lipinski definition) is 4. The maximum Gasteiger partial charge on any atom is 0.238 e. The summed E-state index contributed by atoms with van der Waals surface area (Å²) in [7, 11) is 0.0926. The van der Waals surface area contributed by atoms with Crippen molar-refractivity contribution in [2.24, 2.45) is 7.05 Å². The number of nitrogens with zero attached hydrogens (tertiary/aromatic N) is 3. The van der Waals surface area contributed by atoms with Crippen molar-refractivity contribution in [3.8, 4) is 0 Å². The lowest BCUT2D eigenvalue weighted by atomic mass is 10.3. The van der Waals surface area contributed by atoms with Gasteiger partial charge in [-0.05, 0) is 31.4 Å². The summed E-state index contributed by atoms with van der Waals surface area (Å²) in [5, 5.41) is 0. The lowest BCUT2D eigenvalue weighted by Gasteiger charge is -2.26. The van der Waals surface area contributed by atoms with Crippen molar-refractivity contribution in [1.29, 1.82) is 0 Å². The van der Waals surface area contributed by atoms with Gasteiger partial charge in [-0.25, -0.2) is 8.42 Å². The molecule has 1 saturated carbocycles. The predicted molar refractivity (Wildman–Crippen MR) is 91.9 cm³/mol. The highest BCUT2D eigenvalue weighted by Crippen LogP contribution is 2.28. The molecule has 0 bridgehead atoms. The first kappa shape index (κ1) is 19.0. The van der Waals surface area contributed by atoms with E-state index in [0.29, 0.717) is 26.1 Å². The summed E-state index contributed by atoms with van der Waals surface area (Å²) in [5.41, 5.74) is 1.04. The molecule has 0 saturated heterocycles. The number of hydrogen-bond donors (Lipinski definition) is 0. The van der Waals surface area contributed by atoms with Crippen molar-refractivity contribution in [1.82, 2.24) is 13.8 Å². The Labute approximate surface area is 144 Å². The van der Waals surface area contributed by atoms with Gasteiger partial charge in [0, 0.05) is 45.2 Å². The minimum Gasteiger partial charge on any atom is -0.385 e. The highest BCUT2D eigenvalue weighted by atomic mass is 32.2. The van der Waals surface area contributed by atoms with Gasteiger partial charge >= 0.3 is 0 Å². The topological polar surface area (TPSA) is 71.8 Å². The normalized spacial score (nSPS) is 15.0. The van der Waals surface area contributed by atoms with Crippen LogP contribution in [-0.2, 0) is 33.1 Å². The van der Waals surface area contributed by atoms with Gasteiger partial charge in [0.25, 0.3) is 0 Å². The van der Waals surface area contributed by atoms with Gasteiger partial charge in [-0.2, -0.15) is 4.31 Å². The fourth-order valence-corrected chi connectivity index (χ4v) is 3.44. The maximum absolute atomic E-state index is 12.7. The Bertz CT molecular complexity index is 652. The number of carbonyl (C=O) groups is 1. The molecule has 2 rings (SSSR count). The Morgan fingerprint density at radius 3 is 2.62 bits per heavy atom. The van der Waals surface area contributed by atoms with Crippen molar-refractivity contribution >= 4 is 15.9 Å². The molecule has 24 heavy (non-hydrogen) atoms. The largest absolute Gasteiger partial charge is 0.385 e. The van der Waals surface area contributed by atoms with Crippen LogP contribution in [0.2, 0.25) is 0 Å². The fourth-order valence-electron chi connectivity index (χ4n) is 2.63. The monoisotopic (exact) mass is 357 g/mol. The molecule has 0 N–H and O–H groups in total. The van der Waals surface area contributed by atoms with Crippen molar-refractivity contribution in [3.63, 3.8) is 0 Å². The number of carbonyl (C=O) groups excluding carboxylic acids is 1. The average molecular weight is 357 g/mol. The quantitative estimate of drug-likeness (QED) is 0.581. The third-order valence-electron chi connectivity index (χ3n) is 4.23. The summed E-state index contributed by atoms with van der Waals surface area (Å²) < 4.78 is 32.1. The van der Waals surface area contributed by atoms with Gasteiger partial charge in [0.1, 0.15) is 0 Å². The Hall–Kier alpha value is -1.38. The summed E-state index contributed by atoms with van der Waals surface area (Å²) in [6.45, 7) is 1.17. The molecule has 1 fully saturated rings. The van der Waals surface area contributed by atoms with Crippen LogP contribution in [0.15, 0.2) is 18.3 Å². The van der Waals surface area contributed by atoms with E-state index in [2.05, 4.69) is 0 Å². The minimum absolute atomic E-state index is 0.108. The van der Waals surface area contributed by atoms with E-state index in [4.69, 9.17) is 4.74 Å². The molecule has 7 nitrogen and oxygen atoms in total. The van der Waals surface area contributed by atoms with E-state index in [0.717, 1.165) is 24.8 Å². The first-order valence-electron chi connectivity index (χ1n) is 8.16. The van der Waals surface area contributed by atoms with Gasteiger partial charge in [0.05, 0.1) is 19.3 Å². The van der Waals surface area contributed by atoms with Gasteiger partial charge in [-0.1, -0.05) is 0 Å². The van der Waals surface area contributed by atoms with Crippen LogP contribution >= 0.6 is 0 Å². The van der Waals surface area contributed by atoms with Crippen LogP contribution in [0, 0.1) is 0 Å². The summed E-state index contributed by atoms with van der Waals surface area (Å²) in [6, 6.07) is 4.15. The maximum atomic E-state index is 12.7. The van der Waals surface area contributed by atoms with Crippen molar-refractivity contribution in [3.05, 3.63) is 24.0 Å². The second-order valence-corrected chi connectivity index (χ2v) is 8.29. The molecule has 1 aromatic heterocycles. The van der Waals surface area contributed by atoms with E-state index in [-0.39, 0.29) is 18.5 Å². The first-order chi connectivity index (χ1) is 11.3. The van der Waals surface area contributed by atoms with Crippen molar-refractivity contribution < 1.29 is 17.9 Å². The van der Waals surface area contributed by atoms with Gasteiger partial charge in [-0.15, -0.1) is 0 Å². The summed E-state index contributed by atoms with van der Waals surface area (Å²) in [5.74, 6) is -0.137. The Balaban J connectivity index is 2.03. The van der Waals surface area contributed by atoms with E-state index in [1.165, 1.54) is 4.31 Å². The number of methoxy groups -OCH3 is 1. The van der Waals surface area contributed by atoms with Crippen LogP contribution in [0.25, 0.3) is 0 Å². The Kier molecular flexibility index (Phi) is 6.42. The Morgan fingerprint density at radius 2 is 2.12 bits per heavy atom. The van der Waals surface area contributed by atoms with E-state index >= 15 is 0 Å². The molecule has 0 unspecified atom stereocenters. The molecule has 0 aromatic carbocycles. The standard InChI is InChI=1S/C16H27N3O4S/c1-17-9-4-6-15(17)12-19(14-7-8-14)16(20)13-18(24(3,21)22)10-5-11-23-2/h4,6,9,14H,5,7-8,10-13H2,1-3H3. The van der Waals surface area contributed by atoms with Crippen LogP contribution in [-0.4, -0.2) is 67.2 Å². The SMILES string of the molecule is COCCCN(CC(=O)N(Cc1cccn1C)C1CC1)S(C)(=O)=O. The smallest absolute Gasteiger partial charge is 0.238 e. The molecule has 136 valence electrons. The highest BCUT2D eigenvalue weighted by Gasteiger charge is 2.34. The predicted octanol–water partition coefficient (Wildman–Crippen LogP) is 0.814. The van der Waals surface area contributed by atoms with E-state index in [1.807, 2.05) is 34.8 Å². The number of amides is 1. The van der Waals surface area contributed by atoms with Crippen molar-refractivity contribution in [2.45, 2.75) is 31.8 Å². The number of aryl methyl sites for hydroxylation is 1. The first-order valence-corrected chi connectivity index (χ1v) is 10.0. The molecule has 1 aliphatic rings. The van der Waals surface area contributed by atoms with Gasteiger partial charge in [0.2, 0.25) is 15.9 Å². The molecule has 1 amide bonds. The minimum atomic E-state index is -3.42. The highest BCUT2D eigenvalue weighted by molar-refractivity contribution is 7.88. The third-order valence-corrected chi connectivity index (χ3v) is 5.48. The number of ether oxygens (including phenoxy) is 1. The van der Waals surface area contributed by atoms with Crippen LogP contribution in [0.4, 0.5) is 0 Å². The number of aromatic nitrogens is 1. The summed E-state index contributed by atoms with van der Waals surface area (Å²) in [6.07, 6.45) is 5.62. The Morgan fingerprint density at radius 1 is 1.42 bits per heavy atom. The second kappa shape index (κ2) is 8.13. The average Bonchev–Trinajstić information content (AvgIpc) is 3.26. The van der Waals surface area contributed by atoms with Crippen LogP contribution in [0.3, 0.4) is 0 Å². The molecular weight excluding hydrogens is 330 g/mol. The van der Waals surface area contributed by atoms with Crippen LogP contribution < -0.4 is 0 Å². The zero-order chi connectivity index (χ0) is 17.7. The number of rotatable bonds is 10. The van der Waals surface area contributed by atoms with E-state index < -0.39 is 10.0 Å². The summed E-state index contributed by atoms with van der Waals surface area (Å²) in [4.78, 5) is 14.5. The summed E-state index contributed by atoms with van der Waals surface area (Å²) >= 11 is 0.